The number of rotatable bonds is 9. The molecule has 4 heterocycles. The maximum Gasteiger partial charge on any atom is 0.222 e. The third kappa shape index (κ3) is 6.41. The number of benzene rings is 1. The predicted molar refractivity (Wildman–Crippen MR) is 148 cm³/mol. The van der Waals surface area contributed by atoms with Gasteiger partial charge >= 0.3 is 0 Å². The molecule has 1 unspecified atom stereocenters. The average Bonchev–Trinajstić information content (AvgIpc) is 3.63. The number of aromatic nitrogens is 2. The molecule has 0 bridgehead atoms. The minimum absolute atomic E-state index is 0.0942. The number of hydrogen-bond donors (Lipinski definition) is 4. The van der Waals surface area contributed by atoms with E-state index >= 15 is 0 Å². The Kier molecular flexibility index (Phi) is 7.68. The summed E-state index contributed by atoms with van der Waals surface area (Å²) in [6, 6.07) is 11.4. The number of thioether (sulfide) groups is 1. The van der Waals surface area contributed by atoms with Gasteiger partial charge in [-0.2, -0.15) is 5.10 Å². The van der Waals surface area contributed by atoms with Crippen molar-refractivity contribution in [1.82, 2.24) is 20.7 Å². The van der Waals surface area contributed by atoms with Gasteiger partial charge in [0.25, 0.3) is 0 Å². The molecular formula is C22H22N6O2S5. The van der Waals surface area contributed by atoms with Gasteiger partial charge in [-0.3, -0.25) is 10.1 Å². The molecule has 1 aromatic carbocycles. The molecule has 0 fully saturated rings. The molecule has 35 heavy (non-hydrogen) atoms. The van der Waals surface area contributed by atoms with Gasteiger partial charge < -0.3 is 5.32 Å². The van der Waals surface area contributed by atoms with Gasteiger partial charge in [0.15, 0.2) is 5.17 Å². The van der Waals surface area contributed by atoms with Crippen LogP contribution in [0, 0.1) is 6.92 Å². The Morgan fingerprint density at radius 3 is 2.66 bits per heavy atom. The van der Waals surface area contributed by atoms with Gasteiger partial charge in [-0.1, -0.05) is 30.0 Å². The fourth-order valence-electron chi connectivity index (χ4n) is 3.56. The second kappa shape index (κ2) is 11.1. The van der Waals surface area contributed by atoms with E-state index in [0.717, 1.165) is 43.4 Å². The zero-order chi connectivity index (χ0) is 24.2. The van der Waals surface area contributed by atoms with E-state index in [1.807, 2.05) is 25.1 Å². The van der Waals surface area contributed by atoms with Crippen molar-refractivity contribution in [3.05, 3.63) is 74.5 Å². The number of nitrogens with one attached hydrogen (secondary N) is 3. The van der Waals surface area contributed by atoms with Gasteiger partial charge in [0, 0.05) is 22.9 Å². The summed E-state index contributed by atoms with van der Waals surface area (Å²) in [6.45, 7) is 2.01. The highest BCUT2D eigenvalue weighted by Crippen LogP contribution is 2.32. The lowest BCUT2D eigenvalue weighted by Gasteiger charge is -2.18. The van der Waals surface area contributed by atoms with Crippen LogP contribution in [-0.2, 0) is 23.7 Å². The van der Waals surface area contributed by atoms with E-state index < -0.39 is 10.9 Å². The Morgan fingerprint density at radius 1 is 1.09 bits per heavy atom. The molecule has 0 radical (unpaired) electrons. The van der Waals surface area contributed by atoms with Crippen LogP contribution in [0.5, 0.6) is 0 Å². The molecule has 0 spiro atoms. The molecule has 3 aromatic heterocycles. The van der Waals surface area contributed by atoms with E-state index in [0.29, 0.717) is 12.1 Å². The highest BCUT2D eigenvalue weighted by molar-refractivity contribution is 8.14. The van der Waals surface area contributed by atoms with Crippen molar-refractivity contribution < 1.29 is 8.42 Å². The Labute approximate surface area is 221 Å². The van der Waals surface area contributed by atoms with Crippen molar-refractivity contribution in [3.8, 4) is 9.88 Å². The standard InChI is InChI=1S/C22H22N6O2S5/c1-13-23-16(11-32-13)10-20-26-27-22(34-20)25-17(9-14-4-6-15(7-5-14)28-35(29)30)18-12-33-21(24-18)19-3-2-8-31-19/h2-8,11-12,17,20,26,35H,9-10H2,1H3,(H,25,27)(H,28,29,30)/t17-,20?/m0/s1. The van der Waals surface area contributed by atoms with Crippen LogP contribution in [0.4, 0.5) is 5.69 Å². The van der Waals surface area contributed by atoms with Crippen LogP contribution in [0.25, 0.3) is 9.88 Å². The first-order valence-corrected chi connectivity index (χ1v) is 15.4. The first kappa shape index (κ1) is 24.3. The number of nitrogens with zero attached hydrogens (tertiary/aromatic N) is 3. The molecule has 5 rings (SSSR count). The van der Waals surface area contributed by atoms with Crippen LogP contribution >= 0.6 is 45.8 Å². The van der Waals surface area contributed by atoms with Crippen LogP contribution in [0.2, 0.25) is 0 Å². The summed E-state index contributed by atoms with van der Waals surface area (Å²) in [5, 5.41) is 17.3. The number of hydrazone groups is 1. The lowest BCUT2D eigenvalue weighted by molar-refractivity contribution is 0.619. The van der Waals surface area contributed by atoms with Crippen molar-refractivity contribution in [2.45, 2.75) is 31.2 Å². The predicted octanol–water partition coefficient (Wildman–Crippen LogP) is 4.62. The molecule has 3 N–H and O–H groups in total. The van der Waals surface area contributed by atoms with Gasteiger partial charge in [-0.25, -0.2) is 18.4 Å². The highest BCUT2D eigenvalue weighted by atomic mass is 32.2. The molecule has 13 heteroatoms. The van der Waals surface area contributed by atoms with Gasteiger partial charge in [0.2, 0.25) is 10.9 Å². The number of thiol groups is 1. The number of thiazole rings is 2. The summed E-state index contributed by atoms with van der Waals surface area (Å²) < 4.78 is 24.3. The third-order valence-electron chi connectivity index (χ3n) is 5.15. The lowest BCUT2D eigenvalue weighted by atomic mass is 10.0. The zero-order valence-corrected chi connectivity index (χ0v) is 22.7. The smallest absolute Gasteiger partial charge is 0.222 e. The summed E-state index contributed by atoms with van der Waals surface area (Å²) >= 11 is 6.62. The average molecular weight is 563 g/mol. The Bertz CT molecular complexity index is 1370. The van der Waals surface area contributed by atoms with Crippen LogP contribution in [-0.4, -0.2) is 28.9 Å². The topological polar surface area (TPSA) is 108 Å². The molecule has 1 aliphatic rings. The van der Waals surface area contributed by atoms with Crippen LogP contribution < -0.4 is 15.5 Å². The van der Waals surface area contributed by atoms with E-state index in [-0.39, 0.29) is 11.4 Å². The minimum Gasteiger partial charge on any atom is -0.354 e. The quantitative estimate of drug-likeness (QED) is 0.220. The van der Waals surface area contributed by atoms with Crippen LogP contribution in [0.3, 0.4) is 0 Å². The molecular weight excluding hydrogens is 541 g/mol. The van der Waals surface area contributed by atoms with Gasteiger partial charge in [0.05, 0.1) is 27.3 Å². The van der Waals surface area contributed by atoms with Crippen molar-refractivity contribution in [2.75, 3.05) is 4.72 Å². The van der Waals surface area contributed by atoms with E-state index in [9.17, 15) is 8.42 Å². The normalized spacial score (nSPS) is 16.2. The number of amidine groups is 1. The van der Waals surface area contributed by atoms with E-state index in [4.69, 9.17) is 4.98 Å². The van der Waals surface area contributed by atoms with Crippen molar-refractivity contribution >= 4 is 67.5 Å². The van der Waals surface area contributed by atoms with E-state index in [1.165, 1.54) is 0 Å². The first-order chi connectivity index (χ1) is 17.0. The van der Waals surface area contributed by atoms with Crippen LogP contribution in [0.1, 0.15) is 28.0 Å². The minimum atomic E-state index is -2.68. The third-order valence-corrected chi connectivity index (χ3v) is 9.30. The molecule has 2 atom stereocenters. The maximum absolute atomic E-state index is 10.9. The number of thiophene rings is 1. The molecule has 0 aliphatic carbocycles. The summed E-state index contributed by atoms with van der Waals surface area (Å²) in [6.07, 6.45) is 1.47. The number of anilines is 1. The second-order valence-corrected chi connectivity index (χ2v) is 12.5. The van der Waals surface area contributed by atoms with Gasteiger partial charge in [-0.15, -0.1) is 34.0 Å². The molecule has 8 nitrogen and oxygen atoms in total. The fraction of sp³-hybridized carbons (Fsp3) is 0.227. The number of aryl methyl sites for hydroxylation is 1. The maximum atomic E-state index is 10.9. The number of hydrogen-bond acceptors (Lipinski definition) is 11. The zero-order valence-electron chi connectivity index (χ0n) is 18.5. The van der Waals surface area contributed by atoms with E-state index in [2.05, 4.69) is 47.8 Å². The Morgan fingerprint density at radius 2 is 1.94 bits per heavy atom. The molecule has 1 aliphatic heterocycles. The van der Waals surface area contributed by atoms with E-state index in [1.54, 1.807) is 57.9 Å². The largest absolute Gasteiger partial charge is 0.354 e. The SMILES string of the molecule is Cc1nc(CC2NN=C(N[C@@H](Cc3ccc(N[SH](=O)=O)cc3)c3csc(-c4cccs4)n3)S2)cs1. The molecule has 182 valence electrons. The highest BCUT2D eigenvalue weighted by Gasteiger charge is 2.25. The fourth-order valence-corrected chi connectivity index (χ4v) is 7.18. The lowest BCUT2D eigenvalue weighted by Crippen LogP contribution is -2.28. The first-order valence-electron chi connectivity index (χ1n) is 10.7. The van der Waals surface area contributed by atoms with Gasteiger partial charge in [0.1, 0.15) is 10.4 Å². The van der Waals surface area contributed by atoms with Crippen molar-refractivity contribution in [2.24, 2.45) is 5.10 Å². The van der Waals surface area contributed by atoms with Crippen molar-refractivity contribution in [1.29, 1.82) is 0 Å². The summed E-state index contributed by atoms with van der Waals surface area (Å²) in [4.78, 5) is 10.6. The Hall–Kier alpha value is -2.45. The second-order valence-electron chi connectivity index (χ2n) is 7.74. The molecule has 0 amide bonds. The van der Waals surface area contributed by atoms with Crippen LogP contribution in [0.15, 0.2) is 57.6 Å². The summed E-state index contributed by atoms with van der Waals surface area (Å²) in [5.41, 5.74) is 6.83. The molecule has 0 saturated heterocycles. The molecule has 4 aromatic rings. The Balaban J connectivity index is 1.31. The summed E-state index contributed by atoms with van der Waals surface area (Å²) in [7, 11) is -2.68. The summed E-state index contributed by atoms with van der Waals surface area (Å²) in [5.74, 6) is 0. The van der Waals surface area contributed by atoms with Crippen molar-refractivity contribution in [3.63, 3.8) is 0 Å². The van der Waals surface area contributed by atoms with Gasteiger partial charge in [-0.05, 0) is 42.5 Å². The monoisotopic (exact) mass is 562 g/mol. The molecule has 0 saturated carbocycles.